The fourth-order valence-electron chi connectivity index (χ4n) is 4.02. The average Bonchev–Trinajstić information content (AvgIpc) is 3.29. The van der Waals surface area contributed by atoms with Crippen LogP contribution in [-0.4, -0.2) is 35.7 Å². The van der Waals surface area contributed by atoms with Crippen molar-refractivity contribution in [1.29, 1.82) is 0 Å². The van der Waals surface area contributed by atoms with Gasteiger partial charge in [0.15, 0.2) is 0 Å². The van der Waals surface area contributed by atoms with Crippen LogP contribution in [0, 0.1) is 6.92 Å². The molecule has 0 saturated heterocycles. The third-order valence-corrected chi connectivity index (χ3v) is 5.63. The summed E-state index contributed by atoms with van der Waals surface area (Å²) in [7, 11) is 0. The summed E-state index contributed by atoms with van der Waals surface area (Å²) >= 11 is 0. The molecule has 4 N–H and O–H groups in total. The van der Waals surface area contributed by atoms with E-state index in [2.05, 4.69) is 5.32 Å². The molecule has 10 heteroatoms. The van der Waals surface area contributed by atoms with Crippen molar-refractivity contribution in [3.05, 3.63) is 64.4 Å². The van der Waals surface area contributed by atoms with Gasteiger partial charge in [0.1, 0.15) is 29.2 Å². The number of rotatable bonds is 6. The molecule has 0 fully saturated rings. The van der Waals surface area contributed by atoms with Crippen molar-refractivity contribution in [1.82, 2.24) is 5.32 Å². The van der Waals surface area contributed by atoms with E-state index in [0.717, 1.165) is 17.7 Å². The van der Waals surface area contributed by atoms with E-state index >= 15 is 0 Å². The van der Waals surface area contributed by atoms with Crippen LogP contribution in [0.2, 0.25) is 0 Å². The van der Waals surface area contributed by atoms with Crippen molar-refractivity contribution in [3.8, 4) is 5.75 Å². The summed E-state index contributed by atoms with van der Waals surface area (Å²) < 4.78 is 50.6. The summed E-state index contributed by atoms with van der Waals surface area (Å²) in [6.07, 6.45) is -3.98. The smallest absolute Gasteiger partial charge is 0.416 e. The zero-order valence-electron chi connectivity index (χ0n) is 17.5. The number of benzene rings is 2. The average molecular weight is 462 g/mol. The van der Waals surface area contributed by atoms with Crippen LogP contribution in [0.5, 0.6) is 5.75 Å². The maximum atomic E-state index is 13.0. The van der Waals surface area contributed by atoms with Gasteiger partial charge in [0.2, 0.25) is 5.91 Å². The summed E-state index contributed by atoms with van der Waals surface area (Å²) in [6, 6.07) is 7.32. The molecule has 0 saturated carbocycles. The lowest BCUT2D eigenvalue weighted by Crippen LogP contribution is -2.46. The van der Waals surface area contributed by atoms with E-state index in [0.29, 0.717) is 40.9 Å². The number of amides is 2. The van der Waals surface area contributed by atoms with Crippen LogP contribution in [-0.2, 0) is 23.8 Å². The molecule has 0 spiro atoms. The van der Waals surface area contributed by atoms with Gasteiger partial charge in [0.25, 0.3) is 5.91 Å². The van der Waals surface area contributed by atoms with Crippen molar-refractivity contribution >= 4 is 22.8 Å². The van der Waals surface area contributed by atoms with Crippen molar-refractivity contribution < 1.29 is 37.0 Å². The minimum absolute atomic E-state index is 0.166. The first-order chi connectivity index (χ1) is 15.6. The molecular weight excluding hydrogens is 441 g/mol. The van der Waals surface area contributed by atoms with Gasteiger partial charge in [-0.3, -0.25) is 9.59 Å². The Labute approximate surface area is 186 Å². The number of carbonyl (C=O) groups is 2. The Bertz CT molecular complexity index is 1230. The number of nitrogens with one attached hydrogen (secondary N) is 1. The van der Waals surface area contributed by atoms with Gasteiger partial charge in [0.05, 0.1) is 17.7 Å². The Hall–Kier alpha value is -3.53. The van der Waals surface area contributed by atoms with Gasteiger partial charge in [-0.1, -0.05) is 6.07 Å². The largest absolute Gasteiger partial charge is 0.490 e. The number of primary amides is 1. The van der Waals surface area contributed by atoms with Gasteiger partial charge in [-0.2, -0.15) is 13.2 Å². The van der Waals surface area contributed by atoms with Crippen LogP contribution < -0.4 is 15.8 Å². The minimum Gasteiger partial charge on any atom is -0.490 e. The molecule has 3 aromatic rings. The number of hydrogen-bond acceptors (Lipinski definition) is 5. The highest BCUT2D eigenvalue weighted by Gasteiger charge is 2.33. The highest BCUT2D eigenvalue weighted by molar-refractivity contribution is 6.08. The lowest BCUT2D eigenvalue weighted by molar-refractivity contribution is -0.137. The standard InChI is InChI=1S/C23H21F3N2O5/c1-11-20(22(31)28-18(10-29)21(27)30)17-9-15(4-5-19(17)32-11)33-16-7-12-2-3-14(23(24,25)26)6-13(12)8-16/h2-6,9,16,18,29H,7-8,10H2,1H3,(H2,27,30)(H,28,31)/t16?,18-/m0/s1. The first-order valence-electron chi connectivity index (χ1n) is 10.2. The molecule has 1 aliphatic carbocycles. The SMILES string of the molecule is Cc1oc2ccc(OC3Cc4ccc(C(F)(F)F)cc4C3)cc2c1C(=O)N[C@@H](CO)C(N)=O. The lowest BCUT2D eigenvalue weighted by Gasteiger charge is -2.14. The van der Waals surface area contributed by atoms with Crippen molar-refractivity contribution in [2.24, 2.45) is 5.73 Å². The van der Waals surface area contributed by atoms with Crippen molar-refractivity contribution in [3.63, 3.8) is 0 Å². The fraction of sp³-hybridized carbons (Fsp3) is 0.304. The zero-order valence-corrected chi connectivity index (χ0v) is 17.5. The number of hydrogen-bond donors (Lipinski definition) is 3. The van der Waals surface area contributed by atoms with Gasteiger partial charge < -0.3 is 25.3 Å². The summed E-state index contributed by atoms with van der Waals surface area (Å²) in [6.45, 7) is 0.933. The monoisotopic (exact) mass is 462 g/mol. The molecule has 0 radical (unpaired) electrons. The van der Waals surface area contributed by atoms with E-state index in [9.17, 15) is 27.9 Å². The quantitative estimate of drug-likeness (QED) is 0.521. The van der Waals surface area contributed by atoms with E-state index in [4.69, 9.17) is 14.9 Å². The molecule has 33 heavy (non-hydrogen) atoms. The number of alkyl halides is 3. The molecule has 4 rings (SSSR count). The van der Waals surface area contributed by atoms with E-state index in [1.807, 2.05) is 0 Å². The van der Waals surface area contributed by atoms with Gasteiger partial charge in [-0.15, -0.1) is 0 Å². The Balaban J connectivity index is 1.55. The van der Waals surface area contributed by atoms with Gasteiger partial charge in [-0.05, 0) is 48.4 Å². The summed E-state index contributed by atoms with van der Waals surface area (Å²) in [5, 5.41) is 12.0. The Morgan fingerprint density at radius 2 is 1.94 bits per heavy atom. The number of ether oxygens (including phenoxy) is 1. The number of aliphatic hydroxyl groups is 1. The second kappa shape index (κ2) is 8.43. The first kappa shape index (κ1) is 22.7. The third kappa shape index (κ3) is 4.51. The van der Waals surface area contributed by atoms with Crippen LogP contribution in [0.3, 0.4) is 0 Å². The fourth-order valence-corrected chi connectivity index (χ4v) is 4.02. The molecule has 2 atom stereocenters. The third-order valence-electron chi connectivity index (χ3n) is 5.63. The molecule has 2 amide bonds. The van der Waals surface area contributed by atoms with E-state index < -0.39 is 36.2 Å². The van der Waals surface area contributed by atoms with Crippen molar-refractivity contribution in [2.75, 3.05) is 6.61 Å². The number of furan rings is 1. The normalized spacial score (nSPS) is 16.5. The number of nitrogens with two attached hydrogens (primary N) is 1. The van der Waals surface area contributed by atoms with Crippen LogP contribution in [0.25, 0.3) is 11.0 Å². The number of aryl methyl sites for hydroxylation is 1. The second-order valence-corrected chi connectivity index (χ2v) is 7.93. The molecular formula is C23H21F3N2O5. The van der Waals surface area contributed by atoms with Gasteiger partial charge >= 0.3 is 6.18 Å². The molecule has 174 valence electrons. The predicted molar refractivity (Wildman–Crippen MR) is 112 cm³/mol. The molecule has 0 aliphatic heterocycles. The number of halogens is 3. The Morgan fingerprint density at radius 1 is 1.21 bits per heavy atom. The molecule has 1 heterocycles. The second-order valence-electron chi connectivity index (χ2n) is 7.93. The zero-order chi connectivity index (χ0) is 23.9. The number of aliphatic hydroxyl groups excluding tert-OH is 1. The first-order valence-corrected chi connectivity index (χ1v) is 10.2. The maximum Gasteiger partial charge on any atom is 0.416 e. The summed E-state index contributed by atoms with van der Waals surface area (Å²) in [5.74, 6) is -0.808. The van der Waals surface area contributed by atoms with Crippen LogP contribution >= 0.6 is 0 Å². The van der Waals surface area contributed by atoms with Gasteiger partial charge in [-0.25, -0.2) is 0 Å². The number of carbonyl (C=O) groups excluding carboxylic acids is 2. The highest BCUT2D eigenvalue weighted by Crippen LogP contribution is 2.35. The lowest BCUT2D eigenvalue weighted by atomic mass is 10.1. The number of fused-ring (bicyclic) bond motifs is 2. The molecule has 0 bridgehead atoms. The molecule has 2 aromatic carbocycles. The molecule has 1 aromatic heterocycles. The van der Waals surface area contributed by atoms with Crippen LogP contribution in [0.1, 0.15) is 32.8 Å². The molecule has 7 nitrogen and oxygen atoms in total. The van der Waals surface area contributed by atoms with Crippen LogP contribution in [0.15, 0.2) is 40.8 Å². The highest BCUT2D eigenvalue weighted by atomic mass is 19.4. The predicted octanol–water partition coefficient (Wildman–Crippen LogP) is 2.88. The Morgan fingerprint density at radius 3 is 2.61 bits per heavy atom. The van der Waals surface area contributed by atoms with Crippen LogP contribution in [0.4, 0.5) is 13.2 Å². The van der Waals surface area contributed by atoms with E-state index in [1.54, 1.807) is 25.1 Å². The summed E-state index contributed by atoms with van der Waals surface area (Å²) in [4.78, 5) is 24.1. The minimum atomic E-state index is -4.40. The van der Waals surface area contributed by atoms with Crippen molar-refractivity contribution in [2.45, 2.75) is 38.1 Å². The Kier molecular flexibility index (Phi) is 5.79. The summed E-state index contributed by atoms with van der Waals surface area (Å²) in [5.41, 5.74) is 6.45. The van der Waals surface area contributed by atoms with E-state index in [-0.39, 0.29) is 11.7 Å². The maximum absolute atomic E-state index is 13.0. The molecule has 1 unspecified atom stereocenters. The molecule has 1 aliphatic rings. The van der Waals surface area contributed by atoms with E-state index in [1.165, 1.54) is 6.07 Å². The topological polar surface area (TPSA) is 115 Å². The van der Waals surface area contributed by atoms with Gasteiger partial charge in [0, 0.05) is 18.2 Å².